The van der Waals surface area contributed by atoms with Crippen LogP contribution in [0.25, 0.3) is 0 Å². The SMILES string of the molecule is CCCC[P+](CCCC)(CCCC)CCCC.O=C(O)c1cccc(S(=O)(=O)[O-])c1. The molecule has 174 valence electrons. The number of carboxylic acids is 1. The molecule has 0 radical (unpaired) electrons. The molecule has 7 heteroatoms. The van der Waals surface area contributed by atoms with Crippen LogP contribution in [0.2, 0.25) is 0 Å². The Kier molecular flexibility index (Phi) is 15.3. The van der Waals surface area contributed by atoms with E-state index in [0.717, 1.165) is 12.1 Å². The van der Waals surface area contributed by atoms with Crippen molar-refractivity contribution in [3.8, 4) is 0 Å². The zero-order valence-corrected chi connectivity index (χ0v) is 20.9. The fourth-order valence-corrected chi connectivity index (χ4v) is 9.24. The maximum Gasteiger partial charge on any atom is 0.335 e. The molecule has 0 spiro atoms. The molecule has 0 aromatic heterocycles. The van der Waals surface area contributed by atoms with E-state index in [1.807, 2.05) is 0 Å². The van der Waals surface area contributed by atoms with Gasteiger partial charge in [-0.05, 0) is 43.9 Å². The van der Waals surface area contributed by atoms with Crippen molar-refractivity contribution in [2.45, 2.75) is 84.0 Å². The number of aromatic carboxylic acids is 1. The first-order valence-corrected chi connectivity index (χ1v) is 15.2. The van der Waals surface area contributed by atoms with Gasteiger partial charge in [-0.25, -0.2) is 13.2 Å². The molecule has 0 aliphatic rings. The Hall–Kier alpha value is -0.970. The first kappa shape index (κ1) is 29.0. The Balaban J connectivity index is 0.000000579. The van der Waals surface area contributed by atoms with Crippen LogP contribution < -0.4 is 0 Å². The quantitative estimate of drug-likeness (QED) is 0.253. The number of carboxylic acid groups (broad SMARTS) is 1. The normalized spacial score (nSPS) is 11.6. The van der Waals surface area contributed by atoms with Crippen molar-refractivity contribution in [2.75, 3.05) is 24.6 Å². The van der Waals surface area contributed by atoms with E-state index in [9.17, 15) is 17.8 Å². The number of rotatable bonds is 14. The van der Waals surface area contributed by atoms with E-state index in [1.165, 1.54) is 63.5 Å². The molecule has 0 unspecified atom stereocenters. The highest BCUT2D eigenvalue weighted by molar-refractivity contribution is 7.85. The summed E-state index contributed by atoms with van der Waals surface area (Å²) in [4.78, 5) is 9.85. The van der Waals surface area contributed by atoms with E-state index < -0.39 is 28.2 Å². The highest BCUT2D eigenvalue weighted by atomic mass is 32.2. The molecule has 0 aliphatic carbocycles. The summed E-state index contributed by atoms with van der Waals surface area (Å²) in [6.45, 7) is 9.42. The molecule has 1 aromatic carbocycles. The summed E-state index contributed by atoms with van der Waals surface area (Å²) in [5.41, 5.74) is -0.225. The first-order chi connectivity index (χ1) is 14.2. The summed E-state index contributed by atoms with van der Waals surface area (Å²) in [7, 11) is -5.13. The van der Waals surface area contributed by atoms with E-state index in [2.05, 4.69) is 27.7 Å². The predicted molar refractivity (Wildman–Crippen MR) is 127 cm³/mol. The average molecular weight is 461 g/mol. The average Bonchev–Trinajstić information content (AvgIpc) is 2.72. The Morgan fingerprint density at radius 2 is 1.27 bits per heavy atom. The van der Waals surface area contributed by atoms with Crippen LogP contribution in [0.4, 0.5) is 0 Å². The fourth-order valence-electron chi connectivity index (χ4n) is 3.43. The van der Waals surface area contributed by atoms with Crippen LogP contribution in [0.3, 0.4) is 0 Å². The van der Waals surface area contributed by atoms with Crippen molar-refractivity contribution >= 4 is 23.3 Å². The lowest BCUT2D eigenvalue weighted by molar-refractivity contribution is 0.0696. The Morgan fingerprint density at radius 1 is 0.867 bits per heavy atom. The summed E-state index contributed by atoms with van der Waals surface area (Å²) in [5, 5.41) is 8.48. The van der Waals surface area contributed by atoms with Crippen LogP contribution in [-0.4, -0.2) is 48.7 Å². The third-order valence-corrected chi connectivity index (χ3v) is 11.2. The number of carbonyl (C=O) groups is 1. The molecule has 1 N–H and O–H groups in total. The summed E-state index contributed by atoms with van der Waals surface area (Å²) in [5.74, 6) is -1.27. The second-order valence-corrected chi connectivity index (χ2v) is 13.8. The van der Waals surface area contributed by atoms with E-state index in [-0.39, 0.29) is 5.56 Å². The third kappa shape index (κ3) is 12.0. The Morgan fingerprint density at radius 3 is 1.57 bits per heavy atom. The molecule has 0 aliphatic heterocycles. The van der Waals surface area contributed by atoms with Crippen molar-refractivity contribution in [2.24, 2.45) is 0 Å². The molecule has 0 saturated carbocycles. The van der Waals surface area contributed by atoms with Gasteiger partial charge in [-0.2, -0.15) is 0 Å². The highest BCUT2D eigenvalue weighted by Gasteiger charge is 2.34. The van der Waals surface area contributed by atoms with Gasteiger partial charge in [0.15, 0.2) is 0 Å². The standard InChI is InChI=1S/C16H36P.C7H6O5S/c1-5-9-13-17(14-10-6-2,15-11-7-3)16-12-8-4;8-7(9)5-2-1-3-6(4-5)13(10,11)12/h5-16H2,1-4H3;1-4H,(H,8,9)(H,10,11,12)/q+1;/p-1. The second kappa shape index (κ2) is 15.8. The highest BCUT2D eigenvalue weighted by Crippen LogP contribution is 2.61. The Labute approximate surface area is 184 Å². The smallest absolute Gasteiger partial charge is 0.335 e. The van der Waals surface area contributed by atoms with E-state index >= 15 is 0 Å². The lowest BCUT2D eigenvalue weighted by Gasteiger charge is -2.28. The van der Waals surface area contributed by atoms with Gasteiger partial charge in [0.05, 0.1) is 35.1 Å². The summed E-state index contributed by atoms with van der Waals surface area (Å²) < 4.78 is 31.4. The lowest BCUT2D eigenvalue weighted by atomic mass is 10.2. The van der Waals surface area contributed by atoms with Gasteiger partial charge in [0.1, 0.15) is 10.1 Å². The van der Waals surface area contributed by atoms with Crippen molar-refractivity contribution in [1.29, 1.82) is 0 Å². The summed E-state index contributed by atoms with van der Waals surface area (Å²) >= 11 is 0. The largest absolute Gasteiger partial charge is 0.744 e. The molecule has 0 bridgehead atoms. The van der Waals surface area contributed by atoms with Crippen LogP contribution in [-0.2, 0) is 10.1 Å². The molecule has 0 saturated heterocycles. The molecular formula is C23H41O5PS. The van der Waals surface area contributed by atoms with Gasteiger partial charge >= 0.3 is 5.97 Å². The molecule has 5 nitrogen and oxygen atoms in total. The van der Waals surface area contributed by atoms with Crippen LogP contribution >= 0.6 is 7.26 Å². The number of hydrogen-bond acceptors (Lipinski definition) is 4. The molecule has 30 heavy (non-hydrogen) atoms. The van der Waals surface area contributed by atoms with Gasteiger partial charge in [0, 0.05) is 7.26 Å². The zero-order chi connectivity index (χ0) is 23.0. The monoisotopic (exact) mass is 460 g/mol. The topological polar surface area (TPSA) is 94.5 Å². The van der Waals surface area contributed by atoms with Gasteiger partial charge < -0.3 is 9.66 Å². The van der Waals surface area contributed by atoms with Crippen molar-refractivity contribution in [3.63, 3.8) is 0 Å². The van der Waals surface area contributed by atoms with Gasteiger partial charge in [0.25, 0.3) is 0 Å². The van der Waals surface area contributed by atoms with Crippen molar-refractivity contribution < 1.29 is 22.9 Å². The zero-order valence-electron chi connectivity index (χ0n) is 19.2. The fraction of sp³-hybridized carbons (Fsp3) is 0.696. The van der Waals surface area contributed by atoms with Crippen LogP contribution in [0.15, 0.2) is 29.2 Å². The van der Waals surface area contributed by atoms with Crippen LogP contribution in [0, 0.1) is 0 Å². The minimum Gasteiger partial charge on any atom is -0.744 e. The molecule has 0 fully saturated rings. The van der Waals surface area contributed by atoms with E-state index in [1.54, 1.807) is 24.6 Å². The number of benzene rings is 1. The molecule has 1 aromatic rings. The van der Waals surface area contributed by atoms with Gasteiger partial charge in [-0.15, -0.1) is 0 Å². The minimum absolute atomic E-state index is 0.225. The van der Waals surface area contributed by atoms with Crippen molar-refractivity contribution in [1.82, 2.24) is 0 Å². The number of unbranched alkanes of at least 4 members (excludes halogenated alkanes) is 4. The first-order valence-electron chi connectivity index (χ1n) is 11.3. The molecule has 0 atom stereocenters. The van der Waals surface area contributed by atoms with Crippen LogP contribution in [0.1, 0.15) is 89.4 Å². The second-order valence-electron chi connectivity index (χ2n) is 7.94. The van der Waals surface area contributed by atoms with Gasteiger partial charge in [0.2, 0.25) is 0 Å². The van der Waals surface area contributed by atoms with Gasteiger partial charge in [-0.3, -0.25) is 0 Å². The summed E-state index contributed by atoms with van der Waals surface area (Å²) in [6.07, 6.45) is 17.9. The molecule has 1 rings (SSSR count). The minimum atomic E-state index is -4.57. The van der Waals surface area contributed by atoms with E-state index in [0.29, 0.717) is 0 Å². The van der Waals surface area contributed by atoms with Crippen molar-refractivity contribution in [3.05, 3.63) is 29.8 Å². The predicted octanol–water partition coefficient (Wildman–Crippen LogP) is 6.49. The summed E-state index contributed by atoms with van der Waals surface area (Å²) in [6, 6.07) is 4.28. The third-order valence-electron chi connectivity index (χ3n) is 5.31. The van der Waals surface area contributed by atoms with Gasteiger partial charge in [-0.1, -0.05) is 59.4 Å². The lowest BCUT2D eigenvalue weighted by Crippen LogP contribution is -2.12. The van der Waals surface area contributed by atoms with Crippen LogP contribution in [0.5, 0.6) is 0 Å². The molecular weight excluding hydrogens is 419 g/mol. The van der Waals surface area contributed by atoms with E-state index in [4.69, 9.17) is 5.11 Å². The Bertz CT molecular complexity index is 666. The maximum atomic E-state index is 10.5. The number of hydrogen-bond donors (Lipinski definition) is 1. The maximum absolute atomic E-state index is 10.5. The molecule has 0 amide bonds. The molecule has 0 heterocycles.